The van der Waals surface area contributed by atoms with Crippen molar-refractivity contribution in [2.45, 2.75) is 27.1 Å². The molecule has 0 aromatic carbocycles. The minimum absolute atomic E-state index is 0.361. The van der Waals surface area contributed by atoms with Crippen molar-refractivity contribution in [2.24, 2.45) is 17.7 Å². The van der Waals surface area contributed by atoms with Crippen LogP contribution in [0.3, 0.4) is 0 Å². The van der Waals surface area contributed by atoms with Crippen molar-refractivity contribution in [2.75, 3.05) is 0 Å². The molecular formula is C10H16O. The van der Waals surface area contributed by atoms with Crippen LogP contribution < -0.4 is 0 Å². The number of carbonyl (C=O) groups is 1. The molecule has 0 saturated heterocycles. The van der Waals surface area contributed by atoms with Crippen LogP contribution in [0.1, 0.15) is 36.7 Å². The van der Waals surface area contributed by atoms with Gasteiger partial charge in [-0.15, -0.1) is 0 Å². The molecule has 0 bridgehead atoms. The van der Waals surface area contributed by atoms with Crippen molar-refractivity contribution in [1.29, 1.82) is 0 Å². The highest BCUT2D eigenvalue weighted by Crippen LogP contribution is 2.23. The van der Waals surface area contributed by atoms with Crippen molar-refractivity contribution in [3.63, 3.8) is 0 Å². The highest BCUT2D eigenvalue weighted by Gasteiger charge is 2.23. The summed E-state index contributed by atoms with van der Waals surface area (Å²) >= 11 is 0. The van der Waals surface area contributed by atoms with E-state index in [1.165, 1.54) is 0 Å². The SMILES string of the molecule is [3H]C1=C([3H])C([3H])(C([3H])[3H])C([3H])([3H])C(=O)C1C(C)C. The molecule has 11 heavy (non-hydrogen) atoms. The average molecular weight is 166 g/mol. The molecule has 1 aliphatic carbocycles. The molecule has 0 aromatic heterocycles. The monoisotopic (exact) mass is 166 g/mol. The molecule has 1 aliphatic rings. The summed E-state index contributed by atoms with van der Waals surface area (Å²) < 4.78 is 53.2. The number of carbonyl (C=O) groups excluding carboxylic acids is 1. The molecule has 1 heteroatoms. The Morgan fingerprint density at radius 1 is 1.91 bits per heavy atom. The van der Waals surface area contributed by atoms with E-state index in [1.807, 2.05) is 0 Å². The van der Waals surface area contributed by atoms with Gasteiger partial charge in [0, 0.05) is 19.1 Å². The van der Waals surface area contributed by atoms with Crippen LogP contribution in [-0.2, 0) is 4.79 Å². The summed E-state index contributed by atoms with van der Waals surface area (Å²) in [6.07, 6.45) is -2.79. The molecule has 0 aliphatic heterocycles. The lowest BCUT2D eigenvalue weighted by molar-refractivity contribution is -0.123. The van der Waals surface area contributed by atoms with Crippen molar-refractivity contribution in [3.05, 3.63) is 12.1 Å². The lowest BCUT2D eigenvalue weighted by atomic mass is 9.82. The fraction of sp³-hybridized carbons (Fsp3) is 0.700. The van der Waals surface area contributed by atoms with Gasteiger partial charge in [0.2, 0.25) is 0 Å². The summed E-state index contributed by atoms with van der Waals surface area (Å²) in [7, 11) is 0. The highest BCUT2D eigenvalue weighted by atomic mass is 16.1. The number of hydrogen-bond acceptors (Lipinski definition) is 1. The second-order valence-electron chi connectivity index (χ2n) is 2.89. The largest absolute Gasteiger partial charge is 0.299 e. The number of hydrogen-bond donors (Lipinski definition) is 0. The third-order valence-corrected chi connectivity index (χ3v) is 1.57. The predicted molar refractivity (Wildman–Crippen MR) is 46.3 cm³/mol. The molecular weight excluding hydrogens is 136 g/mol. The summed E-state index contributed by atoms with van der Waals surface area (Å²) in [6, 6.07) is -1.18. The number of ketones is 1. The molecule has 2 atom stereocenters. The van der Waals surface area contributed by atoms with Crippen LogP contribution in [-0.4, -0.2) is 5.78 Å². The van der Waals surface area contributed by atoms with E-state index in [0.717, 1.165) is 0 Å². The molecule has 62 valence electrons. The van der Waals surface area contributed by atoms with Gasteiger partial charge in [0.1, 0.15) is 5.78 Å². The van der Waals surface area contributed by atoms with Gasteiger partial charge in [-0.1, -0.05) is 32.8 Å². The van der Waals surface area contributed by atoms with Crippen LogP contribution in [0.25, 0.3) is 0 Å². The fourth-order valence-corrected chi connectivity index (χ4v) is 0.932. The summed E-state index contributed by atoms with van der Waals surface area (Å²) in [5.74, 6) is -5.05. The second kappa shape index (κ2) is 3.21. The van der Waals surface area contributed by atoms with Gasteiger partial charge in [0.15, 0.2) is 0 Å². The Balaban J connectivity index is 3.55. The second-order valence-corrected chi connectivity index (χ2v) is 2.89. The van der Waals surface area contributed by atoms with E-state index in [2.05, 4.69) is 0 Å². The third-order valence-electron chi connectivity index (χ3n) is 1.57. The Hall–Kier alpha value is -0.590. The van der Waals surface area contributed by atoms with Crippen LogP contribution in [0.4, 0.5) is 0 Å². The average Bonchev–Trinajstić information content (AvgIpc) is 2.24. The quantitative estimate of drug-likeness (QED) is 0.547. The first kappa shape index (κ1) is 3.04. The smallest absolute Gasteiger partial charge is 0.140 e. The molecule has 0 aromatic rings. The van der Waals surface area contributed by atoms with Crippen LogP contribution in [0, 0.1) is 17.7 Å². The first-order chi connectivity index (χ1) is 7.99. The van der Waals surface area contributed by atoms with E-state index >= 15 is 0 Å². The predicted octanol–water partition coefficient (Wildman–Crippen LogP) is 2.42. The van der Waals surface area contributed by atoms with E-state index in [0.29, 0.717) is 0 Å². The van der Waals surface area contributed by atoms with Crippen molar-refractivity contribution >= 4 is 5.78 Å². The first-order valence-electron chi connectivity index (χ1n) is 7.21. The first-order valence-corrected chi connectivity index (χ1v) is 3.56. The molecule has 0 amide bonds. The van der Waals surface area contributed by atoms with Gasteiger partial charge in [-0.3, -0.25) is 4.79 Å². The summed E-state index contributed by atoms with van der Waals surface area (Å²) in [6.45, 7) is 1.23. The third kappa shape index (κ3) is 1.92. The number of Topliss-reactive ketones (excluding diaryl/α,β-unsaturated/α-hetero) is 1. The van der Waals surface area contributed by atoms with E-state index in [-0.39, 0.29) is 5.92 Å². The maximum absolute atomic E-state index is 12.1. The zero-order chi connectivity index (χ0) is 14.5. The van der Waals surface area contributed by atoms with Crippen molar-refractivity contribution in [3.8, 4) is 0 Å². The molecule has 1 nitrogen and oxygen atoms in total. The number of rotatable bonds is 1. The van der Waals surface area contributed by atoms with Crippen LogP contribution in [0.15, 0.2) is 12.1 Å². The van der Waals surface area contributed by atoms with E-state index in [9.17, 15) is 4.79 Å². The Kier molecular flexibility index (Phi) is 0.886. The topological polar surface area (TPSA) is 17.1 Å². The Bertz CT molecular complexity index is 401. The Labute approximate surface area is 78.3 Å². The maximum Gasteiger partial charge on any atom is 0.140 e. The van der Waals surface area contributed by atoms with E-state index < -0.39 is 42.9 Å². The summed E-state index contributed by atoms with van der Waals surface area (Å²) in [5, 5.41) is 0. The lowest BCUT2D eigenvalue weighted by Crippen LogP contribution is -2.23. The zero-order valence-electron chi connectivity index (χ0n) is 13.6. The molecule has 0 heterocycles. The molecule has 2 unspecified atom stereocenters. The van der Waals surface area contributed by atoms with Gasteiger partial charge in [-0.2, -0.15) is 0 Å². The molecule has 0 fully saturated rings. The van der Waals surface area contributed by atoms with E-state index in [4.69, 9.17) is 9.60 Å². The number of allylic oxidation sites excluding steroid dienone is 2. The van der Waals surface area contributed by atoms with Crippen molar-refractivity contribution in [1.82, 2.24) is 0 Å². The van der Waals surface area contributed by atoms with Gasteiger partial charge in [-0.05, 0) is 11.8 Å². The van der Waals surface area contributed by atoms with Gasteiger partial charge in [0.25, 0.3) is 0 Å². The standard InChI is InChI=1S/C10H16O/c1-7(2)9-5-4-8(3)6-10(9)11/h4-5,7-9H,6H2,1-3H3/i3T2,4T,5T,6T2,8T. The molecule has 0 spiro atoms. The summed E-state index contributed by atoms with van der Waals surface area (Å²) in [4.78, 5) is 12.1. The Morgan fingerprint density at radius 2 is 2.64 bits per heavy atom. The highest BCUT2D eigenvalue weighted by molar-refractivity contribution is 5.84. The Morgan fingerprint density at radius 3 is 3.18 bits per heavy atom. The summed E-state index contributed by atoms with van der Waals surface area (Å²) in [5.41, 5.74) is 0. The molecule has 0 radical (unpaired) electrons. The molecule has 0 saturated carbocycles. The van der Waals surface area contributed by atoms with Crippen molar-refractivity contribution < 1.29 is 14.4 Å². The van der Waals surface area contributed by atoms with Crippen LogP contribution >= 0.6 is 0 Å². The molecule has 0 N–H and O–H groups in total. The van der Waals surface area contributed by atoms with Gasteiger partial charge >= 0.3 is 0 Å². The molecule has 1 rings (SSSR count). The van der Waals surface area contributed by atoms with E-state index in [1.54, 1.807) is 13.8 Å². The zero-order valence-corrected chi connectivity index (χ0v) is 6.64. The minimum Gasteiger partial charge on any atom is -0.299 e. The van der Waals surface area contributed by atoms with Gasteiger partial charge in [0.05, 0.1) is 2.74 Å². The lowest BCUT2D eigenvalue weighted by Gasteiger charge is -2.21. The normalized spacial score (nSPS) is 54.0. The van der Waals surface area contributed by atoms with Gasteiger partial charge < -0.3 is 0 Å². The van der Waals surface area contributed by atoms with Gasteiger partial charge in [-0.25, -0.2) is 0 Å². The van der Waals surface area contributed by atoms with Crippen LogP contribution in [0.2, 0.25) is 0 Å². The van der Waals surface area contributed by atoms with Crippen LogP contribution in [0.5, 0.6) is 0 Å². The fourth-order valence-electron chi connectivity index (χ4n) is 0.932. The minimum atomic E-state index is -2.79. The maximum atomic E-state index is 12.1.